The average Bonchev–Trinajstić information content (AvgIpc) is 3.22. The lowest BCUT2D eigenvalue weighted by Crippen LogP contribution is -2.43. The standard InChI is InChI=1S/C20H25N5O/c26-20(22-17-5-1-2-6-17)15-9-12-25(13-10-15)19-8-7-18(23-24-19)16-4-3-11-21-14-16/h3-4,7-8,11,14-15,17H,1-2,5-6,9-10,12-13H2,(H,22,26). The van der Waals surface area contributed by atoms with Crippen LogP contribution in [0.2, 0.25) is 0 Å². The molecule has 2 aromatic rings. The number of hydrogen-bond acceptors (Lipinski definition) is 5. The van der Waals surface area contributed by atoms with Crippen LogP contribution in [0.1, 0.15) is 38.5 Å². The first kappa shape index (κ1) is 16.9. The number of rotatable bonds is 4. The van der Waals surface area contributed by atoms with Gasteiger partial charge in [-0.3, -0.25) is 9.78 Å². The first-order valence-corrected chi connectivity index (χ1v) is 9.59. The van der Waals surface area contributed by atoms with Gasteiger partial charge >= 0.3 is 0 Å². The van der Waals surface area contributed by atoms with Crippen LogP contribution in [-0.4, -0.2) is 40.2 Å². The molecule has 0 radical (unpaired) electrons. The van der Waals surface area contributed by atoms with Crippen LogP contribution in [0, 0.1) is 5.92 Å². The monoisotopic (exact) mass is 351 g/mol. The first-order chi connectivity index (χ1) is 12.8. The normalized spacial score (nSPS) is 18.8. The highest BCUT2D eigenvalue weighted by molar-refractivity contribution is 5.79. The molecule has 2 fully saturated rings. The van der Waals surface area contributed by atoms with Crippen LogP contribution in [0.4, 0.5) is 5.82 Å². The Labute approximate surface area is 154 Å². The summed E-state index contributed by atoms with van der Waals surface area (Å²) in [5.41, 5.74) is 1.79. The third kappa shape index (κ3) is 3.84. The highest BCUT2D eigenvalue weighted by atomic mass is 16.1. The topological polar surface area (TPSA) is 71.0 Å². The van der Waals surface area contributed by atoms with Crippen molar-refractivity contribution in [2.24, 2.45) is 5.92 Å². The fraction of sp³-hybridized carbons (Fsp3) is 0.500. The van der Waals surface area contributed by atoms with Crippen LogP contribution < -0.4 is 10.2 Å². The average molecular weight is 351 g/mol. The lowest BCUT2D eigenvalue weighted by Gasteiger charge is -2.32. The van der Waals surface area contributed by atoms with Gasteiger partial charge in [0.05, 0.1) is 5.69 Å². The van der Waals surface area contributed by atoms with E-state index in [1.807, 2.05) is 24.3 Å². The Hall–Kier alpha value is -2.50. The van der Waals surface area contributed by atoms with Gasteiger partial charge in [-0.05, 0) is 49.9 Å². The summed E-state index contributed by atoms with van der Waals surface area (Å²) in [5.74, 6) is 1.26. The molecule has 0 unspecified atom stereocenters. The number of carbonyl (C=O) groups is 1. The molecule has 1 N–H and O–H groups in total. The van der Waals surface area contributed by atoms with Gasteiger partial charge in [-0.15, -0.1) is 10.2 Å². The van der Waals surface area contributed by atoms with Crippen molar-refractivity contribution in [3.63, 3.8) is 0 Å². The van der Waals surface area contributed by atoms with E-state index in [1.54, 1.807) is 12.4 Å². The summed E-state index contributed by atoms with van der Waals surface area (Å²) < 4.78 is 0. The zero-order chi connectivity index (χ0) is 17.8. The lowest BCUT2D eigenvalue weighted by atomic mass is 9.95. The summed E-state index contributed by atoms with van der Waals surface area (Å²) in [5, 5.41) is 12.0. The second kappa shape index (κ2) is 7.81. The van der Waals surface area contributed by atoms with Gasteiger partial charge in [-0.2, -0.15) is 0 Å². The predicted octanol–water partition coefficient (Wildman–Crippen LogP) is 2.81. The largest absolute Gasteiger partial charge is 0.355 e. The molecule has 0 spiro atoms. The van der Waals surface area contributed by atoms with Crippen LogP contribution >= 0.6 is 0 Å². The van der Waals surface area contributed by atoms with Crippen LogP contribution in [0.25, 0.3) is 11.3 Å². The Morgan fingerprint density at radius 3 is 2.50 bits per heavy atom. The molecule has 3 heterocycles. The van der Waals surface area contributed by atoms with E-state index >= 15 is 0 Å². The van der Waals surface area contributed by atoms with Gasteiger partial charge in [-0.25, -0.2) is 0 Å². The van der Waals surface area contributed by atoms with Crippen LogP contribution in [0.15, 0.2) is 36.7 Å². The molecule has 0 bridgehead atoms. The number of pyridine rings is 1. The van der Waals surface area contributed by atoms with Crippen molar-refractivity contribution in [2.45, 2.75) is 44.6 Å². The maximum absolute atomic E-state index is 12.4. The summed E-state index contributed by atoms with van der Waals surface area (Å²) in [4.78, 5) is 18.8. The molecule has 136 valence electrons. The SMILES string of the molecule is O=C(NC1CCCC1)C1CCN(c2ccc(-c3cccnc3)nn2)CC1. The predicted molar refractivity (Wildman–Crippen MR) is 101 cm³/mol. The summed E-state index contributed by atoms with van der Waals surface area (Å²) >= 11 is 0. The molecule has 6 heteroatoms. The van der Waals surface area contributed by atoms with Crippen molar-refractivity contribution in [3.8, 4) is 11.3 Å². The molecule has 1 aliphatic carbocycles. The quantitative estimate of drug-likeness (QED) is 0.917. The molecule has 26 heavy (non-hydrogen) atoms. The van der Waals surface area contributed by atoms with Crippen molar-refractivity contribution < 1.29 is 4.79 Å². The van der Waals surface area contributed by atoms with Gasteiger partial charge in [0.25, 0.3) is 0 Å². The zero-order valence-electron chi connectivity index (χ0n) is 15.0. The van der Waals surface area contributed by atoms with Crippen molar-refractivity contribution in [1.29, 1.82) is 0 Å². The number of amides is 1. The summed E-state index contributed by atoms with van der Waals surface area (Å²) in [6, 6.07) is 8.27. The number of aromatic nitrogens is 3. The van der Waals surface area contributed by atoms with Crippen molar-refractivity contribution in [3.05, 3.63) is 36.7 Å². The van der Waals surface area contributed by atoms with E-state index in [1.165, 1.54) is 12.8 Å². The van der Waals surface area contributed by atoms with Gasteiger partial charge < -0.3 is 10.2 Å². The molecular weight excluding hydrogens is 326 g/mol. The Bertz CT molecular complexity index is 720. The van der Waals surface area contributed by atoms with E-state index in [2.05, 4.69) is 25.4 Å². The van der Waals surface area contributed by atoms with Gasteiger partial charge in [0.2, 0.25) is 5.91 Å². The summed E-state index contributed by atoms with van der Waals surface area (Å²) in [6.45, 7) is 1.70. The first-order valence-electron chi connectivity index (χ1n) is 9.59. The van der Waals surface area contributed by atoms with Gasteiger partial charge in [0, 0.05) is 43.0 Å². The van der Waals surface area contributed by atoms with E-state index in [0.717, 1.165) is 55.8 Å². The minimum atomic E-state index is 0.134. The molecule has 1 saturated heterocycles. The molecule has 1 amide bonds. The van der Waals surface area contributed by atoms with E-state index in [-0.39, 0.29) is 11.8 Å². The fourth-order valence-electron chi connectivity index (χ4n) is 3.92. The highest BCUT2D eigenvalue weighted by Gasteiger charge is 2.27. The number of nitrogens with zero attached hydrogens (tertiary/aromatic N) is 4. The van der Waals surface area contributed by atoms with E-state index < -0.39 is 0 Å². The van der Waals surface area contributed by atoms with Gasteiger partial charge in [0.1, 0.15) is 0 Å². The maximum Gasteiger partial charge on any atom is 0.223 e. The number of hydrogen-bond donors (Lipinski definition) is 1. The molecule has 1 aliphatic heterocycles. The number of anilines is 1. The minimum absolute atomic E-state index is 0.134. The molecule has 2 aromatic heterocycles. The Kier molecular flexibility index (Phi) is 5.09. The van der Waals surface area contributed by atoms with Crippen molar-refractivity contribution in [2.75, 3.05) is 18.0 Å². The fourth-order valence-corrected chi connectivity index (χ4v) is 3.92. The molecule has 0 aromatic carbocycles. The molecule has 0 atom stereocenters. The number of piperidine rings is 1. The Morgan fingerprint density at radius 1 is 1.04 bits per heavy atom. The van der Waals surface area contributed by atoms with E-state index in [0.29, 0.717) is 6.04 Å². The molecule has 4 rings (SSSR count). The van der Waals surface area contributed by atoms with Crippen molar-refractivity contribution in [1.82, 2.24) is 20.5 Å². The van der Waals surface area contributed by atoms with Crippen LogP contribution in [0.5, 0.6) is 0 Å². The van der Waals surface area contributed by atoms with Gasteiger partial charge in [0.15, 0.2) is 5.82 Å². The van der Waals surface area contributed by atoms with Crippen LogP contribution in [0.3, 0.4) is 0 Å². The Morgan fingerprint density at radius 2 is 1.85 bits per heavy atom. The second-order valence-corrected chi connectivity index (χ2v) is 7.27. The molecule has 2 aliphatic rings. The smallest absolute Gasteiger partial charge is 0.223 e. The number of nitrogens with one attached hydrogen (secondary N) is 1. The van der Waals surface area contributed by atoms with E-state index in [9.17, 15) is 4.79 Å². The zero-order valence-corrected chi connectivity index (χ0v) is 15.0. The third-order valence-corrected chi connectivity index (χ3v) is 5.50. The molecule has 1 saturated carbocycles. The minimum Gasteiger partial charge on any atom is -0.355 e. The Balaban J connectivity index is 1.32. The second-order valence-electron chi connectivity index (χ2n) is 7.27. The van der Waals surface area contributed by atoms with Crippen molar-refractivity contribution >= 4 is 11.7 Å². The van der Waals surface area contributed by atoms with E-state index in [4.69, 9.17) is 0 Å². The third-order valence-electron chi connectivity index (χ3n) is 5.50. The number of carbonyl (C=O) groups excluding carboxylic acids is 1. The highest BCUT2D eigenvalue weighted by Crippen LogP contribution is 2.24. The maximum atomic E-state index is 12.4. The molecule has 6 nitrogen and oxygen atoms in total. The molecular formula is C20H25N5O. The van der Waals surface area contributed by atoms with Gasteiger partial charge in [-0.1, -0.05) is 12.8 Å². The van der Waals surface area contributed by atoms with Crippen LogP contribution in [-0.2, 0) is 4.79 Å². The summed E-state index contributed by atoms with van der Waals surface area (Å²) in [7, 11) is 0. The summed E-state index contributed by atoms with van der Waals surface area (Å²) in [6.07, 6.45) is 10.1. The lowest BCUT2D eigenvalue weighted by molar-refractivity contribution is -0.126.